The van der Waals surface area contributed by atoms with E-state index in [4.69, 9.17) is 0 Å². The summed E-state index contributed by atoms with van der Waals surface area (Å²) >= 11 is 0. The van der Waals surface area contributed by atoms with Gasteiger partial charge in [0.15, 0.2) is 0 Å². The average Bonchev–Trinajstić information content (AvgIpc) is 3.42. The summed E-state index contributed by atoms with van der Waals surface area (Å²) in [5, 5.41) is 20.4. The molecule has 7 heteroatoms. The van der Waals surface area contributed by atoms with Gasteiger partial charge in [0.05, 0.1) is 11.8 Å². The van der Waals surface area contributed by atoms with Crippen LogP contribution < -0.4 is 5.56 Å². The second-order valence-corrected chi connectivity index (χ2v) is 8.14. The van der Waals surface area contributed by atoms with Crippen molar-refractivity contribution in [2.24, 2.45) is 11.3 Å². The molecular formula is C20H25N3O4. The molecule has 0 unspecified atom stereocenters. The first-order valence-electron chi connectivity index (χ1n) is 9.50. The van der Waals surface area contributed by atoms with Crippen LogP contribution in [0.2, 0.25) is 0 Å². The highest BCUT2D eigenvalue weighted by Crippen LogP contribution is 2.45. The van der Waals surface area contributed by atoms with E-state index in [1.807, 2.05) is 24.0 Å². The number of nitrogens with zero attached hydrogens (tertiary/aromatic N) is 3. The summed E-state index contributed by atoms with van der Waals surface area (Å²) < 4.78 is 1.52. The van der Waals surface area contributed by atoms with Crippen LogP contribution in [0.5, 0.6) is 0 Å². The van der Waals surface area contributed by atoms with Crippen molar-refractivity contribution in [1.82, 2.24) is 14.3 Å². The summed E-state index contributed by atoms with van der Waals surface area (Å²) in [7, 11) is 0. The Morgan fingerprint density at radius 1 is 1.33 bits per heavy atom. The van der Waals surface area contributed by atoms with Gasteiger partial charge in [0.2, 0.25) is 0 Å². The zero-order chi connectivity index (χ0) is 19.2. The molecular weight excluding hydrogens is 346 g/mol. The van der Waals surface area contributed by atoms with Crippen molar-refractivity contribution in [3.05, 3.63) is 46.0 Å². The Kier molecular flexibility index (Phi) is 4.52. The van der Waals surface area contributed by atoms with Gasteiger partial charge in [0.1, 0.15) is 11.1 Å². The van der Waals surface area contributed by atoms with Crippen molar-refractivity contribution in [3.8, 4) is 0 Å². The number of carboxylic acids is 1. The van der Waals surface area contributed by atoms with Crippen LogP contribution in [0.3, 0.4) is 0 Å². The fraction of sp³-hybridized carbons (Fsp3) is 0.550. The monoisotopic (exact) mass is 371 g/mol. The molecule has 1 aliphatic carbocycles. The number of hydrogen-bond acceptors (Lipinski definition) is 5. The molecule has 7 nitrogen and oxygen atoms in total. The molecule has 4 rings (SSSR count). The number of aryl methyl sites for hydroxylation is 1. The molecule has 144 valence electrons. The van der Waals surface area contributed by atoms with Crippen LogP contribution in [-0.4, -0.2) is 49.7 Å². The van der Waals surface area contributed by atoms with Crippen molar-refractivity contribution in [2.45, 2.75) is 45.3 Å². The predicted octanol–water partition coefficient (Wildman–Crippen LogP) is 1.44. The maximum atomic E-state index is 12.4. The van der Waals surface area contributed by atoms with E-state index >= 15 is 0 Å². The van der Waals surface area contributed by atoms with E-state index in [0.29, 0.717) is 43.2 Å². The number of carboxylic acid groups (broad SMARTS) is 1. The molecule has 2 N–H and O–H groups in total. The molecule has 27 heavy (non-hydrogen) atoms. The van der Waals surface area contributed by atoms with Gasteiger partial charge in [-0.05, 0) is 37.3 Å². The highest BCUT2D eigenvalue weighted by Gasteiger charge is 2.51. The third-order valence-electron chi connectivity index (χ3n) is 5.88. The lowest BCUT2D eigenvalue weighted by Gasteiger charge is -2.43. The van der Waals surface area contributed by atoms with E-state index in [2.05, 4.69) is 4.98 Å². The van der Waals surface area contributed by atoms with Gasteiger partial charge in [-0.2, -0.15) is 0 Å². The minimum absolute atomic E-state index is 0.141. The van der Waals surface area contributed by atoms with Crippen molar-refractivity contribution in [1.29, 1.82) is 0 Å². The van der Waals surface area contributed by atoms with E-state index in [0.717, 1.165) is 18.4 Å². The van der Waals surface area contributed by atoms with E-state index < -0.39 is 17.5 Å². The van der Waals surface area contributed by atoms with Crippen LogP contribution in [0.15, 0.2) is 29.2 Å². The Balaban J connectivity index is 1.59. The molecule has 1 saturated carbocycles. The van der Waals surface area contributed by atoms with E-state index in [-0.39, 0.29) is 12.1 Å². The number of pyridine rings is 1. The summed E-state index contributed by atoms with van der Waals surface area (Å²) in [5.74, 6) is -0.518. The number of carbonyl (C=O) groups is 1. The van der Waals surface area contributed by atoms with Gasteiger partial charge >= 0.3 is 5.97 Å². The van der Waals surface area contributed by atoms with Crippen LogP contribution in [0.4, 0.5) is 0 Å². The van der Waals surface area contributed by atoms with Gasteiger partial charge < -0.3 is 10.2 Å². The molecule has 3 heterocycles. The molecule has 2 aromatic rings. The summed E-state index contributed by atoms with van der Waals surface area (Å²) in [6.45, 7) is 3.21. The van der Waals surface area contributed by atoms with Crippen molar-refractivity contribution in [2.75, 3.05) is 13.1 Å². The Bertz CT molecular complexity index is 936. The van der Waals surface area contributed by atoms with Gasteiger partial charge in [-0.3, -0.25) is 18.9 Å². The predicted molar refractivity (Wildman–Crippen MR) is 99.5 cm³/mol. The smallest absolute Gasteiger partial charge is 0.313 e. The molecule has 2 atom stereocenters. The minimum Gasteiger partial charge on any atom is -0.481 e. The number of aromatic nitrogens is 2. The number of rotatable bonds is 5. The Hall–Kier alpha value is -2.25. The second kappa shape index (κ2) is 6.73. The molecule has 1 aliphatic heterocycles. The van der Waals surface area contributed by atoms with Gasteiger partial charge in [0, 0.05) is 31.9 Å². The standard InChI is InChI=1S/C20H25N3O4/c1-13-2-5-17-21-15(8-18(25)23(17)10-13)11-22-7-6-16(24)20(12-22,19(26)27)9-14-3-4-14/h2,5,8,10,14,16,24H,3-4,6-7,9,11-12H2,1H3,(H,26,27)/t16-,20-/m0/s1. The van der Waals surface area contributed by atoms with Crippen LogP contribution in [-0.2, 0) is 11.3 Å². The lowest BCUT2D eigenvalue weighted by molar-refractivity contribution is -0.165. The minimum atomic E-state index is -1.12. The number of hydrogen-bond donors (Lipinski definition) is 2. The number of aliphatic hydroxyl groups is 1. The molecule has 2 aliphatic rings. The molecule has 0 aromatic carbocycles. The number of aliphatic carboxylic acids is 1. The summed E-state index contributed by atoms with van der Waals surface area (Å²) in [5.41, 5.74) is 0.935. The summed E-state index contributed by atoms with van der Waals surface area (Å²) in [6.07, 6.45) is 3.97. The third-order valence-corrected chi connectivity index (χ3v) is 5.88. The first-order chi connectivity index (χ1) is 12.9. The van der Waals surface area contributed by atoms with Crippen molar-refractivity contribution < 1.29 is 15.0 Å². The maximum Gasteiger partial charge on any atom is 0.313 e. The highest BCUT2D eigenvalue weighted by atomic mass is 16.4. The zero-order valence-corrected chi connectivity index (χ0v) is 15.5. The lowest BCUT2D eigenvalue weighted by Crippen LogP contribution is -2.56. The van der Waals surface area contributed by atoms with Gasteiger partial charge in [-0.1, -0.05) is 18.9 Å². The van der Waals surface area contributed by atoms with Crippen LogP contribution >= 0.6 is 0 Å². The van der Waals surface area contributed by atoms with Gasteiger partial charge in [-0.15, -0.1) is 0 Å². The molecule has 0 bridgehead atoms. The SMILES string of the molecule is Cc1ccc2nc(CN3CC[C@H](O)[C@@](CC4CC4)(C(=O)O)C3)cc(=O)n2c1. The van der Waals surface area contributed by atoms with E-state index in [1.165, 1.54) is 10.5 Å². The Morgan fingerprint density at radius 3 is 2.81 bits per heavy atom. The largest absolute Gasteiger partial charge is 0.481 e. The molecule has 2 aromatic heterocycles. The lowest BCUT2D eigenvalue weighted by atomic mass is 9.73. The van der Waals surface area contributed by atoms with Gasteiger partial charge in [0.25, 0.3) is 5.56 Å². The molecule has 0 amide bonds. The normalized spacial score (nSPS) is 26.4. The highest BCUT2D eigenvalue weighted by molar-refractivity contribution is 5.76. The summed E-state index contributed by atoms with van der Waals surface area (Å²) in [4.78, 5) is 31.0. The Morgan fingerprint density at radius 2 is 2.11 bits per heavy atom. The second-order valence-electron chi connectivity index (χ2n) is 8.14. The maximum absolute atomic E-state index is 12.4. The number of aliphatic hydroxyl groups excluding tert-OH is 1. The van der Waals surface area contributed by atoms with Crippen LogP contribution in [0.1, 0.15) is 36.9 Å². The van der Waals surface area contributed by atoms with E-state index in [1.54, 1.807) is 6.20 Å². The molecule has 2 fully saturated rings. The Labute approximate surface area is 157 Å². The third kappa shape index (κ3) is 3.49. The van der Waals surface area contributed by atoms with Gasteiger partial charge in [-0.25, -0.2) is 4.98 Å². The average molecular weight is 371 g/mol. The zero-order valence-electron chi connectivity index (χ0n) is 15.5. The summed E-state index contributed by atoms with van der Waals surface area (Å²) in [6, 6.07) is 5.24. The number of likely N-dealkylation sites (tertiary alicyclic amines) is 1. The quantitative estimate of drug-likeness (QED) is 0.826. The first kappa shape index (κ1) is 18.1. The fourth-order valence-corrected chi connectivity index (χ4v) is 4.20. The molecule has 1 saturated heterocycles. The number of piperidine rings is 1. The van der Waals surface area contributed by atoms with Crippen molar-refractivity contribution in [3.63, 3.8) is 0 Å². The van der Waals surface area contributed by atoms with E-state index in [9.17, 15) is 19.8 Å². The van der Waals surface area contributed by atoms with Crippen LogP contribution in [0, 0.1) is 18.3 Å². The first-order valence-corrected chi connectivity index (χ1v) is 9.50. The molecule has 0 spiro atoms. The van der Waals surface area contributed by atoms with Crippen LogP contribution in [0.25, 0.3) is 5.65 Å². The number of fused-ring (bicyclic) bond motifs is 1. The van der Waals surface area contributed by atoms with Crippen molar-refractivity contribution >= 4 is 11.6 Å². The fourth-order valence-electron chi connectivity index (χ4n) is 4.20. The molecule has 0 radical (unpaired) electrons. The topological polar surface area (TPSA) is 95.1 Å².